The van der Waals surface area contributed by atoms with Crippen molar-refractivity contribution in [1.82, 2.24) is 0 Å². The van der Waals surface area contributed by atoms with Crippen molar-refractivity contribution in [3.8, 4) is 0 Å². The average Bonchev–Trinajstić information content (AvgIpc) is 2.59. The van der Waals surface area contributed by atoms with E-state index in [1.807, 2.05) is 0 Å². The van der Waals surface area contributed by atoms with E-state index >= 15 is 0 Å². The van der Waals surface area contributed by atoms with Gasteiger partial charge in [0, 0.05) is 0 Å². The Hall–Kier alpha value is 0.150. The number of rotatable bonds is 19. The van der Waals surface area contributed by atoms with E-state index in [9.17, 15) is 4.57 Å². The second-order valence-corrected chi connectivity index (χ2v) is 9.90. The van der Waals surface area contributed by atoms with Gasteiger partial charge in [0.1, 0.15) is 0 Å². The smallest absolute Gasteiger partial charge is 0.309 e. The zero-order valence-corrected chi connectivity index (χ0v) is 18.5. The highest BCUT2D eigenvalue weighted by Crippen LogP contribution is 2.49. The van der Waals surface area contributed by atoms with Crippen LogP contribution in [0, 0.1) is 5.92 Å². The first kappa shape index (κ1) is 25.1. The second kappa shape index (κ2) is 17.6. The Bertz CT molecular complexity index is 318. The Labute approximate surface area is 158 Å². The van der Waals surface area contributed by atoms with Crippen molar-refractivity contribution >= 4 is 7.60 Å². The molecular formula is C21H45O3P. The lowest BCUT2D eigenvalue weighted by Gasteiger charge is -2.19. The van der Waals surface area contributed by atoms with Crippen molar-refractivity contribution < 1.29 is 13.6 Å². The minimum Gasteiger partial charge on any atom is -0.309 e. The fourth-order valence-corrected chi connectivity index (χ4v) is 4.68. The third kappa shape index (κ3) is 17.3. The van der Waals surface area contributed by atoms with Gasteiger partial charge in [-0.2, -0.15) is 0 Å². The van der Waals surface area contributed by atoms with Gasteiger partial charge in [0.05, 0.1) is 19.4 Å². The van der Waals surface area contributed by atoms with Crippen molar-refractivity contribution in [2.75, 3.05) is 19.4 Å². The molecule has 0 fully saturated rings. The molecule has 0 aliphatic carbocycles. The van der Waals surface area contributed by atoms with Crippen LogP contribution in [0.2, 0.25) is 0 Å². The lowest BCUT2D eigenvalue weighted by Crippen LogP contribution is -2.04. The number of hydrogen-bond acceptors (Lipinski definition) is 3. The third-order valence-electron chi connectivity index (χ3n) is 4.54. The number of hydrogen-bond donors (Lipinski definition) is 0. The van der Waals surface area contributed by atoms with E-state index < -0.39 is 7.60 Å². The number of unbranched alkanes of at least 4 members (excludes halogenated alkanes) is 9. The van der Waals surface area contributed by atoms with Gasteiger partial charge in [0.2, 0.25) is 0 Å². The van der Waals surface area contributed by atoms with Crippen LogP contribution in [0.25, 0.3) is 0 Å². The lowest BCUT2D eigenvalue weighted by molar-refractivity contribution is 0.195. The van der Waals surface area contributed by atoms with Crippen molar-refractivity contribution in [3.63, 3.8) is 0 Å². The molecule has 0 saturated heterocycles. The molecule has 0 aromatic rings. The molecule has 0 heterocycles. The molecule has 3 nitrogen and oxygen atoms in total. The van der Waals surface area contributed by atoms with Crippen molar-refractivity contribution in [2.45, 2.75) is 111 Å². The van der Waals surface area contributed by atoms with Crippen molar-refractivity contribution in [2.24, 2.45) is 5.92 Å². The highest BCUT2D eigenvalue weighted by Gasteiger charge is 2.23. The third-order valence-corrected chi connectivity index (χ3v) is 6.55. The molecule has 0 saturated carbocycles. The molecule has 1 unspecified atom stereocenters. The Morgan fingerprint density at radius 2 is 1.16 bits per heavy atom. The molecule has 25 heavy (non-hydrogen) atoms. The van der Waals surface area contributed by atoms with E-state index in [1.54, 1.807) is 0 Å². The summed E-state index contributed by atoms with van der Waals surface area (Å²) in [5.41, 5.74) is 0. The van der Waals surface area contributed by atoms with Crippen LogP contribution < -0.4 is 0 Å². The second-order valence-electron chi connectivity index (χ2n) is 7.72. The first-order valence-electron chi connectivity index (χ1n) is 10.9. The summed E-state index contributed by atoms with van der Waals surface area (Å²) < 4.78 is 24.2. The molecule has 0 aromatic heterocycles. The topological polar surface area (TPSA) is 35.5 Å². The Morgan fingerprint density at radius 1 is 0.680 bits per heavy atom. The molecule has 0 N–H and O–H groups in total. The van der Waals surface area contributed by atoms with E-state index in [2.05, 4.69) is 27.7 Å². The summed E-state index contributed by atoms with van der Waals surface area (Å²) in [6, 6.07) is 0. The van der Waals surface area contributed by atoms with E-state index in [0.29, 0.717) is 25.3 Å². The lowest BCUT2D eigenvalue weighted by atomic mass is 10.1. The molecule has 0 rings (SSSR count). The fraction of sp³-hybridized carbons (Fsp3) is 1.00. The summed E-state index contributed by atoms with van der Waals surface area (Å²) in [5, 5.41) is 0. The van der Waals surface area contributed by atoms with Gasteiger partial charge in [-0.25, -0.2) is 0 Å². The van der Waals surface area contributed by atoms with Crippen molar-refractivity contribution in [3.05, 3.63) is 0 Å². The Kier molecular flexibility index (Phi) is 17.7. The molecule has 0 spiro atoms. The molecule has 0 aliphatic heterocycles. The quantitative estimate of drug-likeness (QED) is 0.169. The minimum absolute atomic E-state index is 0.566. The van der Waals surface area contributed by atoms with Gasteiger partial charge in [-0.05, 0) is 31.6 Å². The van der Waals surface area contributed by atoms with E-state index in [4.69, 9.17) is 9.05 Å². The molecule has 0 radical (unpaired) electrons. The van der Waals surface area contributed by atoms with E-state index in [1.165, 1.54) is 51.4 Å². The van der Waals surface area contributed by atoms with Crippen LogP contribution in [0.1, 0.15) is 111 Å². The molecule has 0 amide bonds. The van der Waals surface area contributed by atoms with Crippen LogP contribution in [0.3, 0.4) is 0 Å². The van der Waals surface area contributed by atoms with Crippen LogP contribution in [0.5, 0.6) is 0 Å². The Morgan fingerprint density at radius 3 is 1.68 bits per heavy atom. The van der Waals surface area contributed by atoms with Gasteiger partial charge in [0.15, 0.2) is 0 Å². The van der Waals surface area contributed by atoms with Crippen LogP contribution in [-0.2, 0) is 13.6 Å². The van der Waals surface area contributed by atoms with E-state index in [0.717, 1.165) is 32.1 Å². The summed E-state index contributed by atoms with van der Waals surface area (Å²) in [4.78, 5) is 0. The molecular weight excluding hydrogens is 331 g/mol. The van der Waals surface area contributed by atoms with Crippen LogP contribution in [0.4, 0.5) is 0 Å². The molecule has 0 aliphatic rings. The molecule has 152 valence electrons. The zero-order valence-electron chi connectivity index (χ0n) is 17.6. The maximum absolute atomic E-state index is 12.8. The van der Waals surface area contributed by atoms with Crippen molar-refractivity contribution in [1.29, 1.82) is 0 Å². The SMILES string of the molecule is CCCCCCCCCCCOP(=O)(CCCC)OCCCC(C)C. The summed E-state index contributed by atoms with van der Waals surface area (Å²) in [6.45, 7) is 9.93. The predicted octanol–water partition coefficient (Wildman–Crippen LogP) is 7.98. The summed E-state index contributed by atoms with van der Waals surface area (Å²) >= 11 is 0. The van der Waals surface area contributed by atoms with Gasteiger partial charge in [0.25, 0.3) is 0 Å². The fourth-order valence-electron chi connectivity index (χ4n) is 2.83. The molecule has 1 atom stereocenters. The largest absolute Gasteiger partial charge is 0.330 e. The monoisotopic (exact) mass is 376 g/mol. The van der Waals surface area contributed by atoms with Gasteiger partial charge >= 0.3 is 7.60 Å². The highest BCUT2D eigenvalue weighted by atomic mass is 31.2. The molecule has 4 heteroatoms. The predicted molar refractivity (Wildman–Crippen MR) is 111 cm³/mol. The zero-order chi connectivity index (χ0) is 18.8. The summed E-state index contributed by atoms with van der Waals surface area (Å²) in [6.07, 6.45) is 16.2. The van der Waals surface area contributed by atoms with Gasteiger partial charge in [-0.3, -0.25) is 4.57 Å². The summed E-state index contributed by atoms with van der Waals surface area (Å²) in [5.74, 6) is 0.668. The Balaban J connectivity index is 3.78. The maximum Gasteiger partial charge on any atom is 0.330 e. The minimum atomic E-state index is -2.87. The molecule has 0 aromatic carbocycles. The summed E-state index contributed by atoms with van der Waals surface area (Å²) in [7, 11) is -2.87. The maximum atomic E-state index is 12.8. The van der Waals surface area contributed by atoms with Gasteiger partial charge < -0.3 is 9.05 Å². The first-order valence-corrected chi connectivity index (χ1v) is 12.6. The van der Waals surface area contributed by atoms with Crippen LogP contribution in [0.15, 0.2) is 0 Å². The van der Waals surface area contributed by atoms with Crippen LogP contribution in [-0.4, -0.2) is 19.4 Å². The standard InChI is InChI=1S/C21H45O3P/c1-5-7-9-10-11-12-13-14-15-18-23-25(22,20-8-6-2)24-19-16-17-21(3)4/h21H,5-20H2,1-4H3. The normalized spacial score (nSPS) is 14.1. The molecule has 0 bridgehead atoms. The van der Waals surface area contributed by atoms with Crippen LogP contribution >= 0.6 is 7.60 Å². The highest BCUT2D eigenvalue weighted by molar-refractivity contribution is 7.53. The van der Waals surface area contributed by atoms with Gasteiger partial charge in [-0.1, -0.05) is 85.5 Å². The van der Waals surface area contributed by atoms with Gasteiger partial charge in [-0.15, -0.1) is 0 Å². The van der Waals surface area contributed by atoms with E-state index in [-0.39, 0.29) is 0 Å². The average molecular weight is 377 g/mol. The first-order chi connectivity index (χ1) is 12.0.